The van der Waals surface area contributed by atoms with Gasteiger partial charge in [-0.05, 0) is 364 Å². The molecule has 0 fully saturated rings. The summed E-state index contributed by atoms with van der Waals surface area (Å²) in [6.45, 7) is 12.8. The van der Waals surface area contributed by atoms with Gasteiger partial charge in [0.25, 0.3) is 0 Å². The summed E-state index contributed by atoms with van der Waals surface area (Å²) in [4.78, 5) is 19.8. The van der Waals surface area contributed by atoms with E-state index in [1.807, 2.05) is 109 Å². The van der Waals surface area contributed by atoms with Crippen molar-refractivity contribution in [2.45, 2.75) is 27.7 Å². The molecule has 0 saturated heterocycles. The van der Waals surface area contributed by atoms with Gasteiger partial charge in [-0.1, -0.05) is 176 Å². The van der Waals surface area contributed by atoms with Crippen molar-refractivity contribution < 1.29 is 28.4 Å². The molecule has 0 bridgehead atoms. The summed E-state index contributed by atoms with van der Waals surface area (Å²) in [6, 6.07) is 148. The molecule has 145 heavy (non-hydrogen) atoms. The van der Waals surface area contributed by atoms with Crippen LogP contribution in [0.1, 0.15) is 27.7 Å². The topological polar surface area (TPSA) is 84.5 Å². The van der Waals surface area contributed by atoms with Gasteiger partial charge in [0, 0.05) is 146 Å². The first-order chi connectivity index (χ1) is 70.7. The maximum absolute atomic E-state index is 5.91. The molecule has 0 atom stereocenters. The molecule has 0 aromatic heterocycles. The highest BCUT2D eigenvalue weighted by Gasteiger charge is 2.26. The second kappa shape index (κ2) is 47.5. The van der Waals surface area contributed by atoms with Crippen molar-refractivity contribution in [3.63, 3.8) is 0 Å². The molecule has 18 rings (SSSR count). The van der Waals surface area contributed by atoms with E-state index in [4.69, 9.17) is 28.4 Å². The maximum atomic E-state index is 5.91. The second-order valence-electron chi connectivity index (χ2n) is 36.3. The van der Waals surface area contributed by atoms with E-state index in [1.165, 1.54) is 101 Å². The molecule has 18 aromatic rings. The minimum Gasteiger partial charge on any atom is -0.497 e. The molecule has 0 spiro atoms. The molecule has 0 saturated carbocycles. The third-order valence-electron chi connectivity index (χ3n) is 26.8. The lowest BCUT2D eigenvalue weighted by atomic mass is 9.93. The Morgan fingerprint density at radius 3 is 0.566 bits per heavy atom. The van der Waals surface area contributed by atoms with Gasteiger partial charge in [-0.25, -0.2) is 0 Å². The van der Waals surface area contributed by atoms with Crippen LogP contribution in [0, 0.1) is 0 Å². The number of ether oxygens (including phenoxy) is 6. The first-order valence-electron chi connectivity index (χ1n) is 49.5. The molecule has 18 aromatic carbocycles. The van der Waals surface area contributed by atoms with E-state index >= 15 is 0 Å². The Balaban J connectivity index is 0.000000178. The zero-order chi connectivity index (χ0) is 102. The minimum atomic E-state index is 0.741. The fraction of sp³-hybridized carbons (Fsp3) is 0.169. The van der Waals surface area contributed by atoms with Crippen LogP contribution in [0.15, 0.2) is 419 Å². The van der Waals surface area contributed by atoms with Crippen LogP contribution in [0.4, 0.5) is 85.3 Å². The lowest BCUT2D eigenvalue weighted by molar-refractivity contribution is 0.412. The molecular weight excluding hydrogens is 1780 g/mol. The van der Waals surface area contributed by atoms with E-state index < -0.39 is 0 Å². The maximum Gasteiger partial charge on any atom is 0.142 e. The van der Waals surface area contributed by atoms with Crippen molar-refractivity contribution >= 4 is 85.3 Å². The van der Waals surface area contributed by atoms with E-state index in [9.17, 15) is 0 Å². The third-order valence-corrected chi connectivity index (χ3v) is 26.8. The molecule has 0 aliphatic rings. The van der Waals surface area contributed by atoms with Crippen molar-refractivity contribution in [3.8, 4) is 135 Å². The first kappa shape index (κ1) is 101. The van der Waals surface area contributed by atoms with Crippen molar-refractivity contribution in [2.75, 3.05) is 169 Å². The molecule has 0 heterocycles. The molecule has 0 unspecified atom stereocenters. The van der Waals surface area contributed by atoms with Crippen LogP contribution < -0.4 is 72.5 Å². The van der Waals surface area contributed by atoms with Crippen molar-refractivity contribution in [2.24, 2.45) is 0 Å². The molecule has 732 valence electrons. The minimum absolute atomic E-state index is 0.741. The number of anilines is 15. The van der Waals surface area contributed by atoms with E-state index in [1.54, 1.807) is 42.7 Å². The van der Waals surface area contributed by atoms with Crippen molar-refractivity contribution in [1.29, 1.82) is 0 Å². The molecule has 0 radical (unpaired) electrons. The quantitative estimate of drug-likeness (QED) is 0.0383. The Bertz CT molecular complexity index is 6800. The normalized spacial score (nSPS) is 10.8. The number of rotatable bonds is 34. The molecule has 15 nitrogen and oxygen atoms in total. The standard InChI is InChI=1S/C66H57N3O6.C34H41N3.C30H33N3/c1-70-56-19-17-18-55(45-56)67(57-20-7-12-25-62(57)71-2)52-36-30-46(31-37-52)49-42-50(47-32-38-53(39-33-47)68(58-21-8-13-26-63(58)72-3)59-22-9-14-27-64(59)73-4)44-51(43-49)48-34-40-54(41-35-48)69(60-23-10-15-28-65(60)74-5)61-24-11-16-29-66(61)75-6;1-7-35(5)32-17-11-26(12-18-32)29-23-30(27-13-19-33(20-14-27)36(6)8-2)25-31(24-29)28-15-21-34(22-16-28)37(9-3)10-4;1-31(2)28-13-7-22(8-14-28)25-19-26(23-9-15-29(16-10-23)32(3)4)21-27(20-25)24-11-17-30(18-12-24)33(5)6/h7-45H,1-6H3;11-25H,7-10H2,1-6H3;7-21H,1-6H3. The van der Waals surface area contributed by atoms with Gasteiger partial charge < -0.3 is 72.5 Å². The van der Waals surface area contributed by atoms with Gasteiger partial charge in [0.1, 0.15) is 34.5 Å². The summed E-state index contributed by atoms with van der Waals surface area (Å²) >= 11 is 0. The van der Waals surface area contributed by atoms with Gasteiger partial charge in [0.2, 0.25) is 0 Å². The number of hydrogen-bond acceptors (Lipinski definition) is 15. The number of methoxy groups -OCH3 is 6. The average molecular weight is 1920 g/mol. The van der Waals surface area contributed by atoms with Gasteiger partial charge in [-0.2, -0.15) is 0 Å². The Kier molecular flexibility index (Phi) is 33.1. The van der Waals surface area contributed by atoms with Crippen LogP contribution in [0.5, 0.6) is 34.5 Å². The SMILES string of the molecule is CCN(C)c1ccc(-c2cc(-c3ccc(N(C)CC)cc3)cc(-c3ccc(N(CC)CC)cc3)c2)cc1.CN(C)c1ccc(-c2cc(-c3ccc(N(C)C)cc3)cc(-c3ccc(N(C)C)cc3)c2)cc1.COc1cccc(N(c2ccc(-c3cc(-c4ccc(N(c5ccccc5OC)c5ccccc5OC)cc4)cc(-c4ccc(N(c5ccccc5OC)c5ccccc5OC)cc4)c3)cc2)c2ccccc2OC)c1. The Morgan fingerprint density at radius 2 is 0.359 bits per heavy atom. The van der Waals surface area contributed by atoms with Gasteiger partial charge in [0.15, 0.2) is 0 Å². The summed E-state index contributed by atoms with van der Waals surface area (Å²) < 4.78 is 35.2. The monoisotopic (exact) mass is 1910 g/mol. The largest absolute Gasteiger partial charge is 0.497 e. The van der Waals surface area contributed by atoms with Gasteiger partial charge in [-0.15, -0.1) is 0 Å². The predicted octanol–water partition coefficient (Wildman–Crippen LogP) is 32.5. The molecule has 0 N–H and O–H groups in total. The number of hydrogen-bond donors (Lipinski definition) is 0. The fourth-order valence-corrected chi connectivity index (χ4v) is 18.3. The van der Waals surface area contributed by atoms with Gasteiger partial charge in [-0.3, -0.25) is 0 Å². The zero-order valence-electron chi connectivity index (χ0n) is 86.6. The highest BCUT2D eigenvalue weighted by atomic mass is 16.5. The lowest BCUT2D eigenvalue weighted by Crippen LogP contribution is -2.21. The van der Waals surface area contributed by atoms with Crippen LogP contribution >= 0.6 is 0 Å². The Hall–Kier alpha value is -17.0. The number of benzene rings is 18. The van der Waals surface area contributed by atoms with Crippen LogP contribution in [0.3, 0.4) is 0 Å². The third kappa shape index (κ3) is 23.6. The summed E-state index contributed by atoms with van der Waals surface area (Å²) in [7, 11) is 26.9. The smallest absolute Gasteiger partial charge is 0.142 e. The van der Waals surface area contributed by atoms with E-state index in [2.05, 4.69) is 438 Å². The van der Waals surface area contributed by atoms with Crippen LogP contribution in [-0.4, -0.2) is 125 Å². The molecule has 15 heteroatoms. The number of para-hydroxylation sites is 10. The van der Waals surface area contributed by atoms with Crippen LogP contribution in [0.2, 0.25) is 0 Å². The lowest BCUT2D eigenvalue weighted by Gasteiger charge is -2.28. The van der Waals surface area contributed by atoms with E-state index in [0.29, 0.717) is 0 Å². The molecule has 0 aliphatic carbocycles. The fourth-order valence-electron chi connectivity index (χ4n) is 18.3. The Labute approximate surface area is 858 Å². The highest BCUT2D eigenvalue weighted by Crippen LogP contribution is 2.50. The van der Waals surface area contributed by atoms with Crippen molar-refractivity contribution in [1.82, 2.24) is 0 Å². The molecule has 0 aliphatic heterocycles. The summed E-state index contributed by atoms with van der Waals surface area (Å²) in [5.41, 5.74) is 36.7. The van der Waals surface area contributed by atoms with Crippen LogP contribution in [0.25, 0.3) is 100 Å². The number of nitrogens with zero attached hydrogens (tertiary/aromatic N) is 9. The average Bonchev–Trinajstić information content (AvgIpc) is 0.776. The van der Waals surface area contributed by atoms with E-state index in [0.717, 1.165) is 145 Å². The highest BCUT2D eigenvalue weighted by molar-refractivity contribution is 5.92. The summed E-state index contributed by atoms with van der Waals surface area (Å²) in [6.07, 6.45) is 0. The Morgan fingerprint density at radius 1 is 0.159 bits per heavy atom. The predicted molar refractivity (Wildman–Crippen MR) is 616 cm³/mol. The van der Waals surface area contributed by atoms with E-state index in [-0.39, 0.29) is 0 Å². The molecular formula is C130H131N9O6. The van der Waals surface area contributed by atoms with Gasteiger partial charge >= 0.3 is 0 Å². The zero-order valence-corrected chi connectivity index (χ0v) is 86.6. The summed E-state index contributed by atoms with van der Waals surface area (Å²) in [5.74, 6) is 4.47. The molecule has 0 amide bonds. The van der Waals surface area contributed by atoms with Gasteiger partial charge in [0.05, 0.1) is 71.1 Å². The van der Waals surface area contributed by atoms with Crippen molar-refractivity contribution in [3.05, 3.63) is 419 Å². The first-order valence-corrected chi connectivity index (χ1v) is 49.5. The van der Waals surface area contributed by atoms with Crippen LogP contribution in [-0.2, 0) is 0 Å². The summed E-state index contributed by atoms with van der Waals surface area (Å²) in [5, 5.41) is 0. The second-order valence-corrected chi connectivity index (χ2v) is 36.3.